The molecule has 0 bridgehead atoms. The van der Waals surface area contributed by atoms with Crippen LogP contribution in [0.2, 0.25) is 0 Å². The van der Waals surface area contributed by atoms with Gasteiger partial charge in [0.25, 0.3) is 5.91 Å². The molecule has 2 amide bonds. The molecule has 6 nitrogen and oxygen atoms in total. The number of benzene rings is 1. The normalized spacial score (nSPS) is 10.5. The third-order valence-corrected chi connectivity index (χ3v) is 3.87. The summed E-state index contributed by atoms with van der Waals surface area (Å²) in [4.78, 5) is 26.0. The van der Waals surface area contributed by atoms with Gasteiger partial charge in [0.05, 0.1) is 18.3 Å². The Morgan fingerprint density at radius 3 is 2.50 bits per heavy atom. The van der Waals surface area contributed by atoms with E-state index >= 15 is 0 Å². The van der Waals surface area contributed by atoms with Crippen molar-refractivity contribution in [1.82, 2.24) is 20.0 Å². The molecule has 0 aliphatic rings. The summed E-state index contributed by atoms with van der Waals surface area (Å²) in [7, 11) is 1.76. The zero-order chi connectivity index (χ0) is 17.7. The van der Waals surface area contributed by atoms with Crippen molar-refractivity contribution in [3.05, 3.63) is 53.1 Å². The van der Waals surface area contributed by atoms with Crippen LogP contribution in [0.15, 0.2) is 30.5 Å². The summed E-state index contributed by atoms with van der Waals surface area (Å²) in [6.45, 7) is 4.29. The van der Waals surface area contributed by atoms with Gasteiger partial charge in [0.15, 0.2) is 0 Å². The highest BCUT2D eigenvalue weighted by molar-refractivity contribution is 5.97. The molecule has 0 aliphatic heterocycles. The number of aryl methyl sites for hydroxylation is 1. The van der Waals surface area contributed by atoms with Crippen LogP contribution in [-0.2, 0) is 18.4 Å². The number of carbonyl (C=O) groups is 2. The van der Waals surface area contributed by atoms with Crippen molar-refractivity contribution < 1.29 is 14.0 Å². The first kappa shape index (κ1) is 17.7. The molecule has 0 saturated heterocycles. The Hall–Kier alpha value is -2.70. The predicted molar refractivity (Wildman–Crippen MR) is 87.8 cm³/mol. The minimum atomic E-state index is -0.320. The van der Waals surface area contributed by atoms with Crippen molar-refractivity contribution >= 4 is 11.8 Å². The molecule has 0 aliphatic carbocycles. The zero-order valence-corrected chi connectivity index (χ0v) is 14.0. The lowest BCUT2D eigenvalue weighted by Crippen LogP contribution is -2.40. The summed E-state index contributed by atoms with van der Waals surface area (Å²) in [5.41, 5.74) is 2.04. The van der Waals surface area contributed by atoms with Crippen LogP contribution in [0.5, 0.6) is 0 Å². The smallest absolute Gasteiger partial charge is 0.257 e. The van der Waals surface area contributed by atoms with Crippen molar-refractivity contribution in [3.63, 3.8) is 0 Å². The van der Waals surface area contributed by atoms with Crippen molar-refractivity contribution in [3.8, 4) is 0 Å². The number of rotatable bonds is 6. The van der Waals surface area contributed by atoms with Crippen LogP contribution in [0.3, 0.4) is 0 Å². The van der Waals surface area contributed by atoms with Crippen LogP contribution in [0, 0.1) is 12.7 Å². The van der Waals surface area contributed by atoms with Gasteiger partial charge in [-0.05, 0) is 31.5 Å². The van der Waals surface area contributed by atoms with Crippen molar-refractivity contribution in [2.45, 2.75) is 20.4 Å². The van der Waals surface area contributed by atoms with Crippen LogP contribution in [-0.4, -0.2) is 39.6 Å². The number of hydrogen-bond donors (Lipinski definition) is 1. The maximum atomic E-state index is 12.8. The standard InChI is InChI=1S/C17H21FN4O2/c1-4-22(17(24)15-10-20-21(3)12(15)2)11-16(23)19-9-13-5-7-14(18)8-6-13/h5-8,10H,4,9,11H2,1-3H3,(H,19,23). The second-order valence-corrected chi connectivity index (χ2v) is 5.49. The van der Waals surface area contributed by atoms with E-state index in [1.54, 1.807) is 23.9 Å². The van der Waals surface area contributed by atoms with E-state index in [0.717, 1.165) is 11.3 Å². The van der Waals surface area contributed by atoms with Gasteiger partial charge in [0.1, 0.15) is 5.82 Å². The van der Waals surface area contributed by atoms with E-state index in [-0.39, 0.29) is 30.7 Å². The van der Waals surface area contributed by atoms with E-state index in [1.807, 2.05) is 13.8 Å². The molecule has 2 aromatic rings. The second-order valence-electron chi connectivity index (χ2n) is 5.49. The molecule has 1 N–H and O–H groups in total. The quantitative estimate of drug-likeness (QED) is 0.874. The Morgan fingerprint density at radius 1 is 1.29 bits per heavy atom. The molecule has 0 spiro atoms. The van der Waals surface area contributed by atoms with Gasteiger partial charge in [-0.2, -0.15) is 5.10 Å². The molecule has 2 rings (SSSR count). The summed E-state index contributed by atoms with van der Waals surface area (Å²) < 4.78 is 14.5. The minimum Gasteiger partial charge on any atom is -0.350 e. The summed E-state index contributed by atoms with van der Waals surface area (Å²) >= 11 is 0. The van der Waals surface area contributed by atoms with E-state index in [2.05, 4.69) is 10.4 Å². The topological polar surface area (TPSA) is 67.2 Å². The summed E-state index contributed by atoms with van der Waals surface area (Å²) in [6.07, 6.45) is 1.51. The number of nitrogens with one attached hydrogen (secondary N) is 1. The van der Waals surface area contributed by atoms with Crippen LogP contribution in [0.4, 0.5) is 4.39 Å². The van der Waals surface area contributed by atoms with Gasteiger partial charge in [-0.15, -0.1) is 0 Å². The maximum Gasteiger partial charge on any atom is 0.257 e. The third kappa shape index (κ3) is 4.18. The van der Waals surface area contributed by atoms with E-state index < -0.39 is 0 Å². The van der Waals surface area contributed by atoms with Crippen molar-refractivity contribution in [1.29, 1.82) is 0 Å². The van der Waals surface area contributed by atoms with E-state index in [9.17, 15) is 14.0 Å². The molecular formula is C17H21FN4O2. The number of hydrogen-bond acceptors (Lipinski definition) is 3. The summed E-state index contributed by atoms with van der Waals surface area (Å²) in [5, 5.41) is 6.79. The van der Waals surface area contributed by atoms with Gasteiger partial charge in [-0.25, -0.2) is 4.39 Å². The first-order chi connectivity index (χ1) is 11.4. The first-order valence-electron chi connectivity index (χ1n) is 7.71. The maximum absolute atomic E-state index is 12.8. The Balaban J connectivity index is 1.94. The largest absolute Gasteiger partial charge is 0.350 e. The number of likely N-dealkylation sites (N-methyl/N-ethyl adjacent to an activating group) is 1. The lowest BCUT2D eigenvalue weighted by Gasteiger charge is -2.20. The van der Waals surface area contributed by atoms with Gasteiger partial charge in [-0.1, -0.05) is 12.1 Å². The Bertz CT molecular complexity index is 725. The molecule has 0 radical (unpaired) electrons. The zero-order valence-electron chi connectivity index (χ0n) is 14.0. The molecule has 1 aromatic heterocycles. The highest BCUT2D eigenvalue weighted by atomic mass is 19.1. The van der Waals surface area contributed by atoms with Gasteiger partial charge < -0.3 is 10.2 Å². The molecule has 0 fully saturated rings. The number of carbonyl (C=O) groups excluding carboxylic acids is 2. The SMILES string of the molecule is CCN(CC(=O)NCc1ccc(F)cc1)C(=O)c1cnn(C)c1C. The molecule has 7 heteroatoms. The molecule has 0 saturated carbocycles. The van der Waals surface area contributed by atoms with Crippen LogP contribution in [0.1, 0.15) is 28.5 Å². The van der Waals surface area contributed by atoms with Gasteiger partial charge in [-0.3, -0.25) is 14.3 Å². The third-order valence-electron chi connectivity index (χ3n) is 3.87. The van der Waals surface area contributed by atoms with Gasteiger partial charge >= 0.3 is 0 Å². The van der Waals surface area contributed by atoms with Crippen LogP contribution in [0.25, 0.3) is 0 Å². The molecule has 0 unspecified atom stereocenters. The molecule has 24 heavy (non-hydrogen) atoms. The van der Waals surface area contributed by atoms with E-state index in [0.29, 0.717) is 12.1 Å². The number of nitrogens with zero attached hydrogens (tertiary/aromatic N) is 3. The minimum absolute atomic E-state index is 0.0368. The fourth-order valence-electron chi connectivity index (χ4n) is 2.24. The van der Waals surface area contributed by atoms with Crippen molar-refractivity contribution in [2.24, 2.45) is 7.05 Å². The predicted octanol–water partition coefficient (Wildman–Crippen LogP) is 1.65. The number of halogens is 1. The first-order valence-corrected chi connectivity index (χ1v) is 7.71. The molecule has 1 heterocycles. The highest BCUT2D eigenvalue weighted by Crippen LogP contribution is 2.09. The molecular weight excluding hydrogens is 311 g/mol. The van der Waals surface area contributed by atoms with E-state index in [1.165, 1.54) is 23.2 Å². The number of amides is 2. The second kappa shape index (κ2) is 7.72. The lowest BCUT2D eigenvalue weighted by molar-refractivity contribution is -0.121. The lowest BCUT2D eigenvalue weighted by atomic mass is 10.2. The molecule has 128 valence electrons. The van der Waals surface area contributed by atoms with Crippen LogP contribution < -0.4 is 5.32 Å². The Morgan fingerprint density at radius 2 is 1.96 bits per heavy atom. The van der Waals surface area contributed by atoms with Crippen molar-refractivity contribution in [2.75, 3.05) is 13.1 Å². The fraction of sp³-hybridized carbons (Fsp3) is 0.353. The van der Waals surface area contributed by atoms with Gasteiger partial charge in [0, 0.05) is 25.8 Å². The summed E-state index contributed by atoms with van der Waals surface area (Å²) in [6, 6.07) is 5.90. The van der Waals surface area contributed by atoms with E-state index in [4.69, 9.17) is 0 Å². The summed E-state index contributed by atoms with van der Waals surface area (Å²) in [5.74, 6) is -0.809. The monoisotopic (exact) mass is 332 g/mol. The number of aromatic nitrogens is 2. The fourth-order valence-corrected chi connectivity index (χ4v) is 2.24. The average molecular weight is 332 g/mol. The molecule has 1 aromatic carbocycles. The Kier molecular flexibility index (Phi) is 5.68. The Labute approximate surface area is 140 Å². The average Bonchev–Trinajstić information content (AvgIpc) is 2.91. The van der Waals surface area contributed by atoms with Gasteiger partial charge in [0.2, 0.25) is 5.91 Å². The molecule has 0 atom stereocenters. The highest BCUT2D eigenvalue weighted by Gasteiger charge is 2.20. The van der Waals surface area contributed by atoms with Crippen LogP contribution >= 0.6 is 0 Å².